The van der Waals surface area contributed by atoms with Gasteiger partial charge in [-0.1, -0.05) is 13.8 Å². The Hall–Kier alpha value is -1.91. The number of aliphatic imine (C=N–C) groups is 1. The molecule has 5 heteroatoms. The molecule has 0 spiro atoms. The van der Waals surface area contributed by atoms with Gasteiger partial charge in [0, 0.05) is 42.7 Å². The van der Waals surface area contributed by atoms with Gasteiger partial charge < -0.3 is 19.7 Å². The van der Waals surface area contributed by atoms with Gasteiger partial charge in [0.15, 0.2) is 5.96 Å². The van der Waals surface area contributed by atoms with Gasteiger partial charge in [-0.3, -0.25) is 4.99 Å². The normalized spacial score (nSPS) is 19.1. The van der Waals surface area contributed by atoms with Crippen LogP contribution in [0.2, 0.25) is 0 Å². The maximum Gasteiger partial charge on any atom is 0.194 e. The van der Waals surface area contributed by atoms with Crippen LogP contribution in [0.3, 0.4) is 0 Å². The molecule has 23 heavy (non-hydrogen) atoms. The van der Waals surface area contributed by atoms with E-state index in [0.717, 1.165) is 29.6 Å². The Morgan fingerprint density at radius 2 is 1.91 bits per heavy atom. The fraction of sp³-hybridized carbons (Fsp3) is 0.611. The lowest BCUT2D eigenvalue weighted by molar-refractivity contribution is -0.0668. The summed E-state index contributed by atoms with van der Waals surface area (Å²) >= 11 is 0. The maximum absolute atomic E-state index is 5.46. The molecule has 0 unspecified atom stereocenters. The summed E-state index contributed by atoms with van der Waals surface area (Å²) in [5.74, 6) is 2.53. The third-order valence-electron chi connectivity index (χ3n) is 5.28. The van der Waals surface area contributed by atoms with Gasteiger partial charge in [-0.15, -0.1) is 0 Å². The molecule has 0 aliphatic carbocycles. The Kier molecular flexibility index (Phi) is 4.78. The summed E-state index contributed by atoms with van der Waals surface area (Å²) in [4.78, 5) is 6.76. The molecule has 0 amide bonds. The Morgan fingerprint density at radius 1 is 1.22 bits per heavy atom. The third-order valence-corrected chi connectivity index (χ3v) is 5.28. The molecule has 128 valence electrons. The van der Waals surface area contributed by atoms with Gasteiger partial charge in [0.1, 0.15) is 11.5 Å². The molecule has 2 rings (SSSR count). The summed E-state index contributed by atoms with van der Waals surface area (Å²) in [6.45, 7) is 10.8. The molecule has 0 atom stereocenters. The van der Waals surface area contributed by atoms with E-state index in [4.69, 9.17) is 9.47 Å². The van der Waals surface area contributed by atoms with Gasteiger partial charge in [0.05, 0.1) is 14.2 Å². The largest absolute Gasteiger partial charge is 0.497 e. The Labute approximate surface area is 139 Å². The summed E-state index contributed by atoms with van der Waals surface area (Å²) < 4.78 is 10.7. The van der Waals surface area contributed by atoms with Crippen LogP contribution in [0.1, 0.15) is 33.3 Å². The Balaban J connectivity index is 2.08. The number of hydrogen-bond donors (Lipinski definition) is 1. The number of nitrogens with one attached hydrogen (secondary N) is 1. The standard InChI is InChI=1S/C18H29N3O2/c1-17(2)12-21(18(17,3)4)16(19-5)20-11-13-8-9-14(22-6)10-15(13)23-7/h8-10H,11-12H2,1-7H3,(H,19,20). The first-order valence-corrected chi connectivity index (χ1v) is 7.96. The number of ether oxygens (including phenoxy) is 2. The Bertz CT molecular complexity index is 594. The van der Waals surface area contributed by atoms with E-state index in [-0.39, 0.29) is 11.0 Å². The average molecular weight is 319 g/mol. The number of methoxy groups -OCH3 is 2. The molecule has 0 radical (unpaired) electrons. The van der Waals surface area contributed by atoms with Crippen molar-refractivity contribution < 1.29 is 9.47 Å². The second-order valence-corrected chi connectivity index (χ2v) is 7.11. The molecule has 1 heterocycles. The van der Waals surface area contributed by atoms with Gasteiger partial charge in [0.25, 0.3) is 0 Å². The van der Waals surface area contributed by atoms with E-state index in [1.807, 2.05) is 25.2 Å². The lowest BCUT2D eigenvalue weighted by Gasteiger charge is -2.62. The minimum absolute atomic E-state index is 0.0822. The lowest BCUT2D eigenvalue weighted by Crippen LogP contribution is -2.72. The molecule has 1 saturated heterocycles. The summed E-state index contributed by atoms with van der Waals surface area (Å²) in [6.07, 6.45) is 0. The Morgan fingerprint density at radius 3 is 2.39 bits per heavy atom. The van der Waals surface area contributed by atoms with Crippen molar-refractivity contribution in [3.63, 3.8) is 0 Å². The first-order chi connectivity index (χ1) is 10.8. The van der Waals surface area contributed by atoms with Gasteiger partial charge in [-0.05, 0) is 26.0 Å². The molecule has 1 N–H and O–H groups in total. The molecule has 1 aromatic carbocycles. The summed E-state index contributed by atoms with van der Waals surface area (Å²) in [5, 5.41) is 3.45. The van der Waals surface area contributed by atoms with Crippen LogP contribution < -0.4 is 14.8 Å². The fourth-order valence-corrected chi connectivity index (χ4v) is 2.87. The van der Waals surface area contributed by atoms with E-state index in [1.165, 1.54) is 0 Å². The first kappa shape index (κ1) is 17.4. The highest BCUT2D eigenvalue weighted by molar-refractivity contribution is 5.82. The van der Waals surface area contributed by atoms with Crippen molar-refractivity contribution in [1.82, 2.24) is 10.2 Å². The molecule has 5 nitrogen and oxygen atoms in total. The van der Waals surface area contributed by atoms with Crippen LogP contribution in [0.4, 0.5) is 0 Å². The number of hydrogen-bond acceptors (Lipinski definition) is 3. The molecule has 1 aliphatic heterocycles. The summed E-state index contributed by atoms with van der Waals surface area (Å²) in [5.41, 5.74) is 1.44. The van der Waals surface area contributed by atoms with Crippen molar-refractivity contribution >= 4 is 5.96 Å². The topological polar surface area (TPSA) is 46.1 Å². The zero-order chi connectivity index (χ0) is 17.3. The smallest absolute Gasteiger partial charge is 0.194 e. The number of benzene rings is 1. The molecule has 0 aromatic heterocycles. The molecule has 1 fully saturated rings. The maximum atomic E-state index is 5.46. The van der Waals surface area contributed by atoms with Crippen LogP contribution in [-0.4, -0.2) is 44.2 Å². The van der Waals surface area contributed by atoms with E-state index >= 15 is 0 Å². The van der Waals surface area contributed by atoms with Gasteiger partial charge in [0.2, 0.25) is 0 Å². The number of guanidine groups is 1. The molecule has 1 aromatic rings. The highest BCUT2D eigenvalue weighted by Crippen LogP contribution is 2.46. The summed E-state index contributed by atoms with van der Waals surface area (Å²) in [7, 11) is 5.16. The van der Waals surface area contributed by atoms with Crippen LogP contribution >= 0.6 is 0 Å². The van der Waals surface area contributed by atoms with Crippen LogP contribution in [0.5, 0.6) is 11.5 Å². The van der Waals surface area contributed by atoms with Crippen molar-refractivity contribution in [3.05, 3.63) is 23.8 Å². The van der Waals surface area contributed by atoms with Crippen LogP contribution in [-0.2, 0) is 6.54 Å². The minimum Gasteiger partial charge on any atom is -0.497 e. The van der Waals surface area contributed by atoms with E-state index in [1.54, 1.807) is 14.2 Å². The van der Waals surface area contributed by atoms with Gasteiger partial charge in [-0.25, -0.2) is 0 Å². The quantitative estimate of drug-likeness (QED) is 0.685. The lowest BCUT2D eigenvalue weighted by atomic mass is 9.65. The molecule has 0 bridgehead atoms. The molecule has 1 aliphatic rings. The van der Waals surface area contributed by atoms with Crippen molar-refractivity contribution in [1.29, 1.82) is 0 Å². The number of rotatable bonds is 4. The van der Waals surface area contributed by atoms with Crippen molar-refractivity contribution in [2.45, 2.75) is 39.8 Å². The zero-order valence-corrected chi connectivity index (χ0v) is 15.4. The predicted molar refractivity (Wildman–Crippen MR) is 94.3 cm³/mol. The van der Waals surface area contributed by atoms with E-state index in [0.29, 0.717) is 6.54 Å². The van der Waals surface area contributed by atoms with Crippen LogP contribution in [0.25, 0.3) is 0 Å². The zero-order valence-electron chi connectivity index (χ0n) is 15.4. The van der Waals surface area contributed by atoms with E-state index in [9.17, 15) is 0 Å². The van der Waals surface area contributed by atoms with Gasteiger partial charge >= 0.3 is 0 Å². The molecular formula is C18H29N3O2. The number of nitrogens with zero attached hydrogens (tertiary/aromatic N) is 2. The van der Waals surface area contributed by atoms with Crippen molar-refractivity contribution in [2.24, 2.45) is 10.4 Å². The monoisotopic (exact) mass is 319 g/mol. The second kappa shape index (κ2) is 6.30. The highest BCUT2D eigenvalue weighted by atomic mass is 16.5. The SMILES string of the molecule is CN=C(NCc1ccc(OC)cc1OC)N1CC(C)(C)C1(C)C. The van der Waals surface area contributed by atoms with Crippen molar-refractivity contribution in [3.8, 4) is 11.5 Å². The third kappa shape index (κ3) is 3.09. The fourth-order valence-electron chi connectivity index (χ4n) is 2.87. The minimum atomic E-state index is 0.0822. The van der Waals surface area contributed by atoms with E-state index in [2.05, 4.69) is 42.9 Å². The van der Waals surface area contributed by atoms with Crippen molar-refractivity contribution in [2.75, 3.05) is 27.8 Å². The predicted octanol–water partition coefficient (Wildman–Crippen LogP) is 2.90. The summed E-state index contributed by atoms with van der Waals surface area (Å²) in [6, 6.07) is 5.86. The average Bonchev–Trinajstić information content (AvgIpc) is 2.54. The second-order valence-electron chi connectivity index (χ2n) is 7.11. The highest BCUT2D eigenvalue weighted by Gasteiger charge is 2.53. The van der Waals surface area contributed by atoms with Gasteiger partial charge in [-0.2, -0.15) is 0 Å². The molecular weight excluding hydrogens is 290 g/mol. The van der Waals surface area contributed by atoms with E-state index < -0.39 is 0 Å². The first-order valence-electron chi connectivity index (χ1n) is 7.96. The van der Waals surface area contributed by atoms with Crippen LogP contribution in [0.15, 0.2) is 23.2 Å². The molecule has 0 saturated carbocycles. The van der Waals surface area contributed by atoms with Crippen LogP contribution in [0, 0.1) is 5.41 Å². The number of likely N-dealkylation sites (tertiary alicyclic amines) is 1.